The Kier molecular flexibility index (Phi) is 6.53. The topological polar surface area (TPSA) is 32.3 Å². The van der Waals surface area contributed by atoms with Crippen molar-refractivity contribution in [3.8, 4) is 0 Å². The molecule has 2 nitrogen and oxygen atoms in total. The van der Waals surface area contributed by atoms with E-state index in [1.807, 2.05) is 12.1 Å². The largest absolute Gasteiger partial charge is 0.387 e. The molecule has 1 rings (SSSR count). The summed E-state index contributed by atoms with van der Waals surface area (Å²) in [6.45, 7) is 11.8. The van der Waals surface area contributed by atoms with Crippen molar-refractivity contribution < 1.29 is 5.11 Å². The van der Waals surface area contributed by atoms with Crippen molar-refractivity contribution in [2.45, 2.75) is 53.2 Å². The zero-order valence-electron chi connectivity index (χ0n) is 13.0. The van der Waals surface area contributed by atoms with E-state index < -0.39 is 6.10 Å². The van der Waals surface area contributed by atoms with E-state index in [-0.39, 0.29) is 6.04 Å². The Labute approximate surface area is 118 Å². The second-order valence-corrected chi connectivity index (χ2v) is 6.26. The quantitative estimate of drug-likeness (QED) is 0.786. The van der Waals surface area contributed by atoms with Crippen LogP contribution in [0.25, 0.3) is 0 Å². The van der Waals surface area contributed by atoms with Gasteiger partial charge in [-0.1, -0.05) is 57.5 Å². The minimum Gasteiger partial charge on any atom is -0.387 e. The third-order valence-corrected chi connectivity index (χ3v) is 3.58. The molecule has 19 heavy (non-hydrogen) atoms. The highest BCUT2D eigenvalue weighted by Gasteiger charge is 2.23. The Balaban J connectivity index is 2.67. The molecule has 0 bridgehead atoms. The van der Waals surface area contributed by atoms with Crippen LogP contribution in [-0.2, 0) is 0 Å². The summed E-state index contributed by atoms with van der Waals surface area (Å²) in [5, 5.41) is 14.1. The summed E-state index contributed by atoms with van der Waals surface area (Å²) in [5.41, 5.74) is 2.23. The lowest BCUT2D eigenvalue weighted by atomic mass is 9.92. The van der Waals surface area contributed by atoms with E-state index in [0.29, 0.717) is 11.8 Å². The third-order valence-electron chi connectivity index (χ3n) is 3.58. The van der Waals surface area contributed by atoms with Gasteiger partial charge in [0.15, 0.2) is 0 Å². The van der Waals surface area contributed by atoms with Gasteiger partial charge in [-0.15, -0.1) is 0 Å². The smallest absolute Gasteiger partial charge is 0.0945 e. The first-order chi connectivity index (χ1) is 8.91. The molecule has 0 aliphatic carbocycles. The number of benzene rings is 1. The summed E-state index contributed by atoms with van der Waals surface area (Å²) >= 11 is 0. The molecule has 0 saturated carbocycles. The summed E-state index contributed by atoms with van der Waals surface area (Å²) in [7, 11) is 0. The number of aliphatic hydroxyl groups excluding tert-OH is 1. The monoisotopic (exact) mass is 263 g/mol. The first kappa shape index (κ1) is 16.2. The fourth-order valence-electron chi connectivity index (χ4n) is 2.22. The highest BCUT2D eigenvalue weighted by Crippen LogP contribution is 2.22. The minimum atomic E-state index is -0.437. The van der Waals surface area contributed by atoms with Crippen LogP contribution in [0.4, 0.5) is 0 Å². The zero-order valence-corrected chi connectivity index (χ0v) is 13.0. The maximum absolute atomic E-state index is 10.5. The number of nitrogens with one attached hydrogen (secondary N) is 1. The first-order valence-electron chi connectivity index (χ1n) is 7.39. The normalized spacial score (nSPS) is 14.9. The number of aryl methyl sites for hydroxylation is 1. The number of aliphatic hydroxyl groups is 1. The Morgan fingerprint density at radius 1 is 1.05 bits per heavy atom. The number of rotatable bonds is 7. The predicted octanol–water partition coefficient (Wildman–Crippen LogP) is 3.69. The van der Waals surface area contributed by atoms with E-state index in [4.69, 9.17) is 0 Å². The fraction of sp³-hybridized carbons (Fsp3) is 0.647. The van der Waals surface area contributed by atoms with Gasteiger partial charge in [-0.25, -0.2) is 0 Å². The molecule has 0 aliphatic heterocycles. The van der Waals surface area contributed by atoms with Gasteiger partial charge in [0.25, 0.3) is 0 Å². The van der Waals surface area contributed by atoms with E-state index in [9.17, 15) is 5.11 Å². The highest BCUT2D eigenvalue weighted by molar-refractivity contribution is 5.24. The SMILES string of the molecule is Cc1ccc(C(O)C(NCCC(C)C)C(C)C)cc1. The molecule has 2 N–H and O–H groups in total. The van der Waals surface area contributed by atoms with Crippen molar-refractivity contribution in [3.05, 3.63) is 35.4 Å². The summed E-state index contributed by atoms with van der Waals surface area (Å²) in [6.07, 6.45) is 0.705. The van der Waals surface area contributed by atoms with Gasteiger partial charge in [-0.05, 0) is 37.3 Å². The van der Waals surface area contributed by atoms with Crippen LogP contribution in [0.15, 0.2) is 24.3 Å². The van der Waals surface area contributed by atoms with Crippen molar-refractivity contribution >= 4 is 0 Å². The average molecular weight is 263 g/mol. The molecule has 1 aromatic rings. The van der Waals surface area contributed by atoms with Gasteiger partial charge in [0, 0.05) is 6.04 Å². The number of hydrogen-bond acceptors (Lipinski definition) is 2. The lowest BCUT2D eigenvalue weighted by Gasteiger charge is -2.28. The Morgan fingerprint density at radius 3 is 2.11 bits per heavy atom. The van der Waals surface area contributed by atoms with Gasteiger partial charge < -0.3 is 10.4 Å². The van der Waals surface area contributed by atoms with Crippen LogP contribution in [0, 0.1) is 18.8 Å². The van der Waals surface area contributed by atoms with Gasteiger partial charge in [-0.3, -0.25) is 0 Å². The van der Waals surface area contributed by atoms with Crippen LogP contribution < -0.4 is 5.32 Å². The van der Waals surface area contributed by atoms with Crippen LogP contribution in [0.2, 0.25) is 0 Å². The van der Waals surface area contributed by atoms with Gasteiger partial charge >= 0.3 is 0 Å². The summed E-state index contributed by atoms with van der Waals surface area (Å²) in [5.74, 6) is 1.10. The molecule has 0 aliphatic rings. The minimum absolute atomic E-state index is 0.112. The molecule has 2 atom stereocenters. The molecule has 0 heterocycles. The van der Waals surface area contributed by atoms with Gasteiger partial charge in [0.1, 0.15) is 0 Å². The second kappa shape index (κ2) is 7.66. The maximum atomic E-state index is 10.5. The lowest BCUT2D eigenvalue weighted by molar-refractivity contribution is 0.104. The van der Waals surface area contributed by atoms with Gasteiger partial charge in [0.2, 0.25) is 0 Å². The van der Waals surface area contributed by atoms with Crippen molar-refractivity contribution in [3.63, 3.8) is 0 Å². The van der Waals surface area contributed by atoms with Crippen molar-refractivity contribution in [2.24, 2.45) is 11.8 Å². The van der Waals surface area contributed by atoms with Crippen LogP contribution in [-0.4, -0.2) is 17.7 Å². The van der Waals surface area contributed by atoms with Crippen molar-refractivity contribution in [1.82, 2.24) is 5.32 Å². The number of hydrogen-bond donors (Lipinski definition) is 2. The van der Waals surface area contributed by atoms with E-state index >= 15 is 0 Å². The molecule has 2 unspecified atom stereocenters. The average Bonchev–Trinajstić information content (AvgIpc) is 2.34. The highest BCUT2D eigenvalue weighted by atomic mass is 16.3. The molecule has 0 saturated heterocycles. The van der Waals surface area contributed by atoms with Gasteiger partial charge in [-0.2, -0.15) is 0 Å². The molecule has 108 valence electrons. The van der Waals surface area contributed by atoms with E-state index in [1.165, 1.54) is 5.56 Å². The standard InChI is InChI=1S/C17H29NO/c1-12(2)10-11-18-16(13(3)4)17(19)15-8-6-14(5)7-9-15/h6-9,12-13,16-19H,10-11H2,1-5H3. The Morgan fingerprint density at radius 2 is 1.63 bits per heavy atom. The predicted molar refractivity (Wildman–Crippen MR) is 82.2 cm³/mol. The molecule has 0 radical (unpaired) electrons. The molecule has 0 aromatic heterocycles. The molecule has 2 heteroatoms. The molecule has 0 spiro atoms. The molecule has 0 fully saturated rings. The summed E-state index contributed by atoms with van der Waals surface area (Å²) in [6, 6.07) is 8.29. The Bertz CT molecular complexity index is 356. The molecular formula is C17H29NO. The maximum Gasteiger partial charge on any atom is 0.0945 e. The zero-order chi connectivity index (χ0) is 14.4. The van der Waals surface area contributed by atoms with Crippen molar-refractivity contribution in [2.75, 3.05) is 6.54 Å². The van der Waals surface area contributed by atoms with E-state index in [2.05, 4.69) is 52.1 Å². The van der Waals surface area contributed by atoms with E-state index in [0.717, 1.165) is 18.5 Å². The second-order valence-electron chi connectivity index (χ2n) is 6.26. The van der Waals surface area contributed by atoms with Crippen LogP contribution in [0.1, 0.15) is 51.3 Å². The summed E-state index contributed by atoms with van der Waals surface area (Å²) < 4.78 is 0. The van der Waals surface area contributed by atoms with Crippen LogP contribution in [0.3, 0.4) is 0 Å². The lowest BCUT2D eigenvalue weighted by Crippen LogP contribution is -2.40. The van der Waals surface area contributed by atoms with Crippen molar-refractivity contribution in [1.29, 1.82) is 0 Å². The first-order valence-corrected chi connectivity index (χ1v) is 7.39. The van der Waals surface area contributed by atoms with Crippen LogP contribution >= 0.6 is 0 Å². The summed E-state index contributed by atoms with van der Waals surface area (Å²) in [4.78, 5) is 0. The third kappa shape index (κ3) is 5.33. The molecular weight excluding hydrogens is 234 g/mol. The Hall–Kier alpha value is -0.860. The van der Waals surface area contributed by atoms with Crippen LogP contribution in [0.5, 0.6) is 0 Å². The molecule has 1 aromatic carbocycles. The van der Waals surface area contributed by atoms with E-state index in [1.54, 1.807) is 0 Å². The van der Waals surface area contributed by atoms with Gasteiger partial charge in [0.05, 0.1) is 6.10 Å². The fourth-order valence-corrected chi connectivity index (χ4v) is 2.22. The molecule has 0 amide bonds.